The number of para-hydroxylation sites is 1. The van der Waals surface area contributed by atoms with Crippen LogP contribution < -0.4 is 9.47 Å². The van der Waals surface area contributed by atoms with E-state index in [0.717, 1.165) is 0 Å². The number of esters is 1. The SMILES string of the molecule is CCC(=O)Oc1ccccc1COc1cc(Cl)c(CC)cc1C(F)F. The molecular weight excluding hydrogens is 350 g/mol. The van der Waals surface area contributed by atoms with Gasteiger partial charge in [-0.1, -0.05) is 43.6 Å². The van der Waals surface area contributed by atoms with E-state index in [4.69, 9.17) is 21.1 Å². The summed E-state index contributed by atoms with van der Waals surface area (Å²) in [6.45, 7) is 3.51. The van der Waals surface area contributed by atoms with Gasteiger partial charge in [0.2, 0.25) is 0 Å². The number of hydrogen-bond acceptors (Lipinski definition) is 3. The maximum atomic E-state index is 13.3. The summed E-state index contributed by atoms with van der Waals surface area (Å²) in [5.41, 5.74) is 1.02. The maximum Gasteiger partial charge on any atom is 0.310 e. The smallest absolute Gasteiger partial charge is 0.310 e. The molecule has 0 heterocycles. The van der Waals surface area contributed by atoms with Crippen molar-refractivity contribution in [2.24, 2.45) is 0 Å². The van der Waals surface area contributed by atoms with Gasteiger partial charge in [0.25, 0.3) is 6.43 Å². The fourth-order valence-electron chi connectivity index (χ4n) is 2.26. The summed E-state index contributed by atoms with van der Waals surface area (Å²) in [6, 6.07) is 9.59. The Balaban J connectivity index is 2.24. The van der Waals surface area contributed by atoms with Crippen LogP contribution in [0.1, 0.15) is 43.4 Å². The molecule has 0 saturated carbocycles. The van der Waals surface area contributed by atoms with Crippen LogP contribution in [-0.4, -0.2) is 5.97 Å². The molecule has 2 rings (SSSR count). The number of alkyl halides is 2. The van der Waals surface area contributed by atoms with E-state index in [1.807, 2.05) is 6.92 Å². The summed E-state index contributed by atoms with van der Waals surface area (Å²) < 4.78 is 37.4. The van der Waals surface area contributed by atoms with Gasteiger partial charge >= 0.3 is 5.97 Å². The van der Waals surface area contributed by atoms with Crippen LogP contribution in [0.2, 0.25) is 5.02 Å². The lowest BCUT2D eigenvalue weighted by atomic mass is 10.1. The van der Waals surface area contributed by atoms with Crippen molar-refractivity contribution in [3.63, 3.8) is 0 Å². The Kier molecular flexibility index (Phi) is 6.76. The Labute approximate surface area is 150 Å². The summed E-state index contributed by atoms with van der Waals surface area (Å²) in [5.74, 6) is -0.00546. The first-order valence-electron chi connectivity index (χ1n) is 7.98. The highest BCUT2D eigenvalue weighted by Crippen LogP contribution is 2.35. The number of carbonyl (C=O) groups is 1. The van der Waals surface area contributed by atoms with Gasteiger partial charge in [-0.15, -0.1) is 0 Å². The molecule has 2 aromatic carbocycles. The molecule has 0 aromatic heterocycles. The van der Waals surface area contributed by atoms with Crippen molar-refractivity contribution in [3.8, 4) is 11.5 Å². The standard InChI is InChI=1S/C19H19ClF2O3/c1-3-12-9-14(19(21)22)17(10-15(12)20)24-11-13-7-5-6-8-16(13)25-18(23)4-2/h5-10,19H,3-4,11H2,1-2H3. The van der Waals surface area contributed by atoms with Crippen molar-refractivity contribution >= 4 is 17.6 Å². The van der Waals surface area contributed by atoms with Crippen LogP contribution in [0.5, 0.6) is 11.5 Å². The molecule has 6 heteroatoms. The van der Waals surface area contributed by atoms with Crippen LogP contribution in [0.3, 0.4) is 0 Å². The first-order valence-corrected chi connectivity index (χ1v) is 8.35. The van der Waals surface area contributed by atoms with Crippen LogP contribution in [-0.2, 0) is 17.8 Å². The Morgan fingerprint density at radius 1 is 1.12 bits per heavy atom. The molecule has 2 aromatic rings. The van der Waals surface area contributed by atoms with Crippen molar-refractivity contribution in [3.05, 3.63) is 58.1 Å². The van der Waals surface area contributed by atoms with Gasteiger partial charge in [-0.3, -0.25) is 4.79 Å². The largest absolute Gasteiger partial charge is 0.488 e. The molecule has 0 saturated heterocycles. The number of halogens is 3. The summed E-state index contributed by atoms with van der Waals surface area (Å²) in [6.07, 6.45) is -1.89. The van der Waals surface area contributed by atoms with E-state index in [2.05, 4.69) is 0 Å². The molecule has 0 radical (unpaired) electrons. The predicted octanol–water partition coefficient (Wildman–Crippen LogP) is 5.73. The van der Waals surface area contributed by atoms with E-state index < -0.39 is 6.43 Å². The average Bonchev–Trinajstić information content (AvgIpc) is 2.60. The fraction of sp³-hybridized carbons (Fsp3) is 0.316. The Hall–Kier alpha value is -2.14. The lowest BCUT2D eigenvalue weighted by Gasteiger charge is -2.15. The van der Waals surface area contributed by atoms with E-state index in [9.17, 15) is 13.6 Å². The maximum absolute atomic E-state index is 13.3. The molecule has 0 aliphatic carbocycles. The van der Waals surface area contributed by atoms with Crippen molar-refractivity contribution in [1.29, 1.82) is 0 Å². The van der Waals surface area contributed by atoms with Gasteiger partial charge in [0.05, 0.1) is 5.56 Å². The molecule has 0 fully saturated rings. The third-order valence-electron chi connectivity index (χ3n) is 3.66. The van der Waals surface area contributed by atoms with Gasteiger partial charge < -0.3 is 9.47 Å². The zero-order valence-corrected chi connectivity index (χ0v) is 14.8. The summed E-state index contributed by atoms with van der Waals surface area (Å²) in [7, 11) is 0. The fourth-order valence-corrected chi connectivity index (χ4v) is 2.55. The molecule has 0 spiro atoms. The average molecular weight is 369 g/mol. The molecular formula is C19H19ClF2O3. The Morgan fingerprint density at radius 2 is 1.84 bits per heavy atom. The van der Waals surface area contributed by atoms with E-state index >= 15 is 0 Å². The van der Waals surface area contributed by atoms with Crippen LogP contribution in [0.15, 0.2) is 36.4 Å². The first kappa shape index (κ1) is 19.2. The second-order valence-corrected chi connectivity index (χ2v) is 5.77. The predicted molar refractivity (Wildman–Crippen MR) is 92.5 cm³/mol. The number of hydrogen-bond donors (Lipinski definition) is 0. The lowest BCUT2D eigenvalue weighted by molar-refractivity contribution is -0.134. The second kappa shape index (κ2) is 8.81. The van der Waals surface area contributed by atoms with Gasteiger partial charge in [-0.25, -0.2) is 8.78 Å². The van der Waals surface area contributed by atoms with Crippen LogP contribution in [0, 0.1) is 0 Å². The first-order chi connectivity index (χ1) is 12.0. The minimum atomic E-state index is -2.68. The number of rotatable bonds is 7. The zero-order chi connectivity index (χ0) is 18.4. The highest BCUT2D eigenvalue weighted by atomic mass is 35.5. The monoisotopic (exact) mass is 368 g/mol. The molecule has 0 aliphatic rings. The van der Waals surface area contributed by atoms with E-state index in [0.29, 0.717) is 28.3 Å². The molecule has 0 amide bonds. The van der Waals surface area contributed by atoms with Crippen molar-refractivity contribution in [2.45, 2.75) is 39.7 Å². The molecule has 0 N–H and O–H groups in total. The minimum Gasteiger partial charge on any atom is -0.488 e. The molecule has 3 nitrogen and oxygen atoms in total. The number of carbonyl (C=O) groups excluding carboxylic acids is 1. The summed E-state index contributed by atoms with van der Waals surface area (Å²) >= 11 is 6.11. The molecule has 25 heavy (non-hydrogen) atoms. The van der Waals surface area contributed by atoms with Crippen molar-refractivity contribution < 1.29 is 23.0 Å². The Morgan fingerprint density at radius 3 is 2.48 bits per heavy atom. The second-order valence-electron chi connectivity index (χ2n) is 5.36. The van der Waals surface area contributed by atoms with Crippen molar-refractivity contribution in [1.82, 2.24) is 0 Å². The van der Waals surface area contributed by atoms with E-state index in [-0.39, 0.29) is 30.3 Å². The molecule has 134 valence electrons. The summed E-state index contributed by atoms with van der Waals surface area (Å²) in [4.78, 5) is 11.5. The minimum absolute atomic E-state index is 0.0192. The highest BCUT2D eigenvalue weighted by Gasteiger charge is 2.18. The van der Waals surface area contributed by atoms with Crippen molar-refractivity contribution in [2.75, 3.05) is 0 Å². The van der Waals surface area contributed by atoms with E-state index in [1.54, 1.807) is 31.2 Å². The molecule has 0 aliphatic heterocycles. The molecule has 0 bridgehead atoms. The van der Waals surface area contributed by atoms with Gasteiger partial charge in [0, 0.05) is 17.0 Å². The van der Waals surface area contributed by atoms with Gasteiger partial charge in [-0.2, -0.15) is 0 Å². The lowest BCUT2D eigenvalue weighted by Crippen LogP contribution is -2.09. The van der Waals surface area contributed by atoms with Crippen LogP contribution in [0.25, 0.3) is 0 Å². The summed E-state index contributed by atoms with van der Waals surface area (Å²) in [5, 5.41) is 0.382. The number of benzene rings is 2. The third kappa shape index (κ3) is 4.92. The zero-order valence-electron chi connectivity index (χ0n) is 14.0. The van der Waals surface area contributed by atoms with Crippen LogP contribution >= 0.6 is 11.6 Å². The third-order valence-corrected chi connectivity index (χ3v) is 4.01. The van der Waals surface area contributed by atoms with Crippen LogP contribution in [0.4, 0.5) is 8.78 Å². The van der Waals surface area contributed by atoms with Gasteiger partial charge in [0.1, 0.15) is 18.1 Å². The highest BCUT2D eigenvalue weighted by molar-refractivity contribution is 6.31. The number of ether oxygens (including phenoxy) is 2. The van der Waals surface area contributed by atoms with Gasteiger partial charge in [-0.05, 0) is 30.2 Å². The molecule has 0 atom stereocenters. The molecule has 0 unspecified atom stereocenters. The Bertz CT molecular complexity index is 747. The topological polar surface area (TPSA) is 35.5 Å². The van der Waals surface area contributed by atoms with E-state index in [1.165, 1.54) is 12.1 Å². The quantitative estimate of drug-likeness (QED) is 0.462. The normalized spacial score (nSPS) is 10.8. The van der Waals surface area contributed by atoms with Gasteiger partial charge in [0.15, 0.2) is 0 Å². The number of aryl methyl sites for hydroxylation is 1.